The number of alkyl halides is 3. The van der Waals surface area contributed by atoms with E-state index in [2.05, 4.69) is 24.1 Å². The number of rotatable bonds is 5. The summed E-state index contributed by atoms with van der Waals surface area (Å²) in [6.45, 7) is 7.62. The van der Waals surface area contributed by atoms with E-state index < -0.39 is 12.6 Å². The summed E-state index contributed by atoms with van der Waals surface area (Å²) in [6.07, 6.45) is -3.40. The molecule has 1 saturated heterocycles. The molecule has 1 fully saturated rings. The zero-order valence-electron chi connectivity index (χ0n) is 10.7. The lowest BCUT2D eigenvalue weighted by Crippen LogP contribution is -2.48. The van der Waals surface area contributed by atoms with Crippen molar-refractivity contribution in [3.05, 3.63) is 0 Å². The largest absolute Gasteiger partial charge is 0.389 e. The third kappa shape index (κ3) is 5.73. The van der Waals surface area contributed by atoms with Gasteiger partial charge < -0.3 is 10.2 Å². The minimum absolute atomic E-state index is 0.224. The second-order valence-corrected chi connectivity index (χ2v) is 4.95. The Hall–Kier alpha value is -0.290. The van der Waals surface area contributed by atoms with E-state index >= 15 is 0 Å². The van der Waals surface area contributed by atoms with Crippen molar-refractivity contribution in [2.45, 2.75) is 45.3 Å². The van der Waals surface area contributed by atoms with Crippen LogP contribution >= 0.6 is 0 Å². The summed E-state index contributed by atoms with van der Waals surface area (Å²) in [5.74, 6) is 0.523. The van der Waals surface area contributed by atoms with Crippen LogP contribution in [0.15, 0.2) is 0 Å². The number of hydrogen-bond donors (Lipinski definition) is 1. The Morgan fingerprint density at radius 1 is 1.35 bits per heavy atom. The van der Waals surface area contributed by atoms with Crippen LogP contribution in [-0.4, -0.2) is 43.3 Å². The van der Waals surface area contributed by atoms with Crippen molar-refractivity contribution in [3.8, 4) is 0 Å². The van der Waals surface area contributed by atoms with E-state index in [1.165, 1.54) is 0 Å². The minimum Gasteiger partial charge on any atom is -0.314 e. The first-order chi connectivity index (χ1) is 7.92. The van der Waals surface area contributed by atoms with Crippen LogP contribution in [0.1, 0.15) is 33.1 Å². The lowest BCUT2D eigenvalue weighted by atomic mass is 9.93. The summed E-state index contributed by atoms with van der Waals surface area (Å²) >= 11 is 0. The minimum atomic E-state index is -4.01. The van der Waals surface area contributed by atoms with Gasteiger partial charge in [0.15, 0.2) is 0 Å². The highest BCUT2D eigenvalue weighted by molar-refractivity contribution is 4.82. The fourth-order valence-electron chi connectivity index (χ4n) is 2.50. The van der Waals surface area contributed by atoms with Gasteiger partial charge in [0.1, 0.15) is 0 Å². The summed E-state index contributed by atoms with van der Waals surface area (Å²) < 4.78 is 36.1. The lowest BCUT2D eigenvalue weighted by molar-refractivity contribution is -0.136. The summed E-state index contributed by atoms with van der Waals surface area (Å²) in [5, 5.41) is 3.43. The third-order valence-electron chi connectivity index (χ3n) is 3.39. The maximum Gasteiger partial charge on any atom is 0.389 e. The van der Waals surface area contributed by atoms with E-state index in [-0.39, 0.29) is 6.42 Å². The molecule has 2 nitrogen and oxygen atoms in total. The van der Waals surface area contributed by atoms with E-state index in [1.54, 1.807) is 0 Å². The van der Waals surface area contributed by atoms with Crippen LogP contribution in [-0.2, 0) is 0 Å². The molecule has 0 saturated carbocycles. The number of halogens is 3. The van der Waals surface area contributed by atoms with Crippen molar-refractivity contribution >= 4 is 0 Å². The Kier molecular flexibility index (Phi) is 5.73. The average Bonchev–Trinajstić information content (AvgIpc) is 2.20. The molecule has 5 heteroatoms. The highest BCUT2D eigenvalue weighted by Crippen LogP contribution is 2.23. The van der Waals surface area contributed by atoms with Crippen molar-refractivity contribution in [2.24, 2.45) is 5.92 Å². The Balaban J connectivity index is 2.21. The zero-order valence-corrected chi connectivity index (χ0v) is 10.7. The molecule has 1 N–H and O–H groups in total. The van der Waals surface area contributed by atoms with Crippen molar-refractivity contribution in [1.29, 1.82) is 0 Å². The molecule has 2 unspecified atom stereocenters. The van der Waals surface area contributed by atoms with Crippen molar-refractivity contribution < 1.29 is 13.2 Å². The first kappa shape index (κ1) is 14.8. The first-order valence-electron chi connectivity index (χ1n) is 6.45. The van der Waals surface area contributed by atoms with Gasteiger partial charge >= 0.3 is 6.18 Å². The molecule has 0 aliphatic carbocycles. The van der Waals surface area contributed by atoms with Crippen LogP contribution in [0.4, 0.5) is 13.2 Å². The topological polar surface area (TPSA) is 15.3 Å². The molecule has 0 bridgehead atoms. The number of nitrogens with one attached hydrogen (secondary N) is 1. The molecule has 0 aromatic rings. The molecule has 17 heavy (non-hydrogen) atoms. The number of piperidine rings is 1. The Morgan fingerprint density at radius 3 is 2.59 bits per heavy atom. The van der Waals surface area contributed by atoms with Gasteiger partial charge in [0, 0.05) is 19.0 Å². The van der Waals surface area contributed by atoms with Crippen LogP contribution in [0.5, 0.6) is 0 Å². The molecule has 0 aromatic carbocycles. The molecule has 1 heterocycles. The van der Waals surface area contributed by atoms with Gasteiger partial charge in [-0.2, -0.15) is 13.2 Å². The molecule has 1 aliphatic rings. The Morgan fingerprint density at radius 2 is 2.06 bits per heavy atom. The van der Waals surface area contributed by atoms with Crippen molar-refractivity contribution in [1.82, 2.24) is 10.2 Å². The summed E-state index contributed by atoms with van der Waals surface area (Å²) in [5.41, 5.74) is 0. The smallest absolute Gasteiger partial charge is 0.314 e. The van der Waals surface area contributed by atoms with Crippen LogP contribution < -0.4 is 5.32 Å². The predicted octanol–water partition coefficient (Wildman–Crippen LogP) is 2.65. The number of nitrogens with zero attached hydrogens (tertiary/aromatic N) is 1. The molecule has 0 spiro atoms. The second kappa shape index (κ2) is 6.59. The van der Waals surface area contributed by atoms with E-state index in [0.717, 1.165) is 26.1 Å². The zero-order chi connectivity index (χ0) is 12.9. The average molecular weight is 252 g/mol. The predicted molar refractivity (Wildman–Crippen MR) is 63.0 cm³/mol. The maximum absolute atomic E-state index is 12.0. The van der Waals surface area contributed by atoms with Crippen molar-refractivity contribution in [3.63, 3.8) is 0 Å². The van der Waals surface area contributed by atoms with Crippen LogP contribution in [0.3, 0.4) is 0 Å². The normalized spacial score (nSPS) is 27.4. The summed E-state index contributed by atoms with van der Waals surface area (Å²) in [4.78, 5) is 2.16. The molecular formula is C12H23F3N2. The molecule has 0 radical (unpaired) electrons. The molecular weight excluding hydrogens is 229 g/mol. The van der Waals surface area contributed by atoms with Gasteiger partial charge in [0.2, 0.25) is 0 Å². The second-order valence-electron chi connectivity index (χ2n) is 4.95. The van der Waals surface area contributed by atoms with Crippen LogP contribution in [0.25, 0.3) is 0 Å². The molecule has 1 rings (SSSR count). The quantitative estimate of drug-likeness (QED) is 0.809. The van der Waals surface area contributed by atoms with E-state index in [1.807, 2.05) is 0 Å². The van der Waals surface area contributed by atoms with Gasteiger partial charge in [-0.1, -0.05) is 13.8 Å². The van der Waals surface area contributed by atoms with Gasteiger partial charge in [-0.05, 0) is 38.4 Å². The van der Waals surface area contributed by atoms with E-state index in [4.69, 9.17) is 0 Å². The molecule has 1 aliphatic heterocycles. The summed E-state index contributed by atoms with van der Waals surface area (Å²) in [6, 6.07) is 0.527. The molecule has 0 aromatic heterocycles. The molecule has 0 amide bonds. The number of hydrogen-bond acceptors (Lipinski definition) is 2. The maximum atomic E-state index is 12.0. The Bertz CT molecular complexity index is 218. The highest BCUT2D eigenvalue weighted by Gasteiger charge is 2.28. The monoisotopic (exact) mass is 252 g/mol. The van der Waals surface area contributed by atoms with Gasteiger partial charge in [0.05, 0.1) is 0 Å². The van der Waals surface area contributed by atoms with Gasteiger partial charge in [0.25, 0.3) is 0 Å². The standard InChI is InChI=1S/C12H23F3N2/c1-3-16-11-5-8-17(9-10(11)2)7-4-6-12(13,14)15/h10-11,16H,3-9H2,1-2H3. The fraction of sp³-hybridized carbons (Fsp3) is 1.00. The highest BCUT2D eigenvalue weighted by atomic mass is 19.4. The third-order valence-corrected chi connectivity index (χ3v) is 3.39. The van der Waals surface area contributed by atoms with Gasteiger partial charge in [-0.3, -0.25) is 0 Å². The number of likely N-dealkylation sites (tertiary alicyclic amines) is 1. The van der Waals surface area contributed by atoms with Crippen LogP contribution in [0.2, 0.25) is 0 Å². The SMILES string of the molecule is CCNC1CCN(CCCC(F)(F)F)CC1C. The van der Waals surface area contributed by atoms with Crippen LogP contribution in [0, 0.1) is 5.92 Å². The lowest BCUT2D eigenvalue weighted by Gasteiger charge is -2.37. The fourth-order valence-corrected chi connectivity index (χ4v) is 2.50. The van der Waals surface area contributed by atoms with Crippen molar-refractivity contribution in [2.75, 3.05) is 26.2 Å². The van der Waals surface area contributed by atoms with Gasteiger partial charge in [-0.25, -0.2) is 0 Å². The molecule has 2 atom stereocenters. The molecule has 102 valence electrons. The van der Waals surface area contributed by atoms with Gasteiger partial charge in [-0.15, -0.1) is 0 Å². The van der Waals surface area contributed by atoms with E-state index in [0.29, 0.717) is 18.5 Å². The Labute approximate surface area is 102 Å². The first-order valence-corrected chi connectivity index (χ1v) is 6.45. The summed E-state index contributed by atoms with van der Waals surface area (Å²) in [7, 11) is 0. The van der Waals surface area contributed by atoms with E-state index in [9.17, 15) is 13.2 Å².